The van der Waals surface area contributed by atoms with Crippen LogP contribution in [0.25, 0.3) is 0 Å². The van der Waals surface area contributed by atoms with Gasteiger partial charge in [-0.15, -0.1) is 0 Å². The van der Waals surface area contributed by atoms with Gasteiger partial charge in [0.25, 0.3) is 0 Å². The third-order valence-corrected chi connectivity index (χ3v) is 3.06. The first-order valence-electron chi connectivity index (χ1n) is 5.43. The average molecular weight is 203 g/mol. The van der Waals surface area contributed by atoms with Crippen LogP contribution in [0.5, 0.6) is 0 Å². The minimum Gasteiger partial charge on any atom is -0.512 e. The van der Waals surface area contributed by atoms with E-state index in [9.17, 15) is 5.11 Å². The van der Waals surface area contributed by atoms with Gasteiger partial charge in [-0.3, -0.25) is 0 Å². The zero-order valence-electron chi connectivity index (χ0n) is 8.98. The highest BCUT2D eigenvalue weighted by Crippen LogP contribution is 2.23. The van der Waals surface area contributed by atoms with Crippen LogP contribution in [0.4, 0.5) is 0 Å². The van der Waals surface area contributed by atoms with E-state index in [0.29, 0.717) is 11.8 Å². The predicted octanol–water partition coefficient (Wildman–Crippen LogP) is 2.63. The number of rotatable bonds is 3. The molecule has 0 saturated carbocycles. The Balaban J connectivity index is 1.85. The van der Waals surface area contributed by atoms with Crippen molar-refractivity contribution in [1.29, 1.82) is 0 Å². The minimum absolute atomic E-state index is 0.244. The molecule has 2 rings (SSSR count). The molecule has 0 aromatic heterocycles. The van der Waals surface area contributed by atoms with Crippen molar-refractivity contribution in [2.45, 2.75) is 25.9 Å². The van der Waals surface area contributed by atoms with Crippen LogP contribution >= 0.6 is 0 Å². The zero-order chi connectivity index (χ0) is 10.7. The molecule has 2 heteroatoms. The van der Waals surface area contributed by atoms with Crippen molar-refractivity contribution in [3.8, 4) is 0 Å². The fraction of sp³-hybridized carbons (Fsp3) is 0.385. The van der Waals surface area contributed by atoms with Crippen molar-refractivity contribution in [1.82, 2.24) is 5.32 Å². The molecule has 1 aliphatic carbocycles. The van der Waals surface area contributed by atoms with E-state index in [1.807, 2.05) is 24.3 Å². The molecule has 2 nitrogen and oxygen atoms in total. The maximum atomic E-state index is 9.49. The topological polar surface area (TPSA) is 32.3 Å². The van der Waals surface area contributed by atoms with Crippen LogP contribution in [-0.2, 0) is 6.54 Å². The summed E-state index contributed by atoms with van der Waals surface area (Å²) in [6.07, 6.45) is 2.84. The number of hydrogen-bond acceptors (Lipinski definition) is 2. The molecule has 2 N–H and O–H groups in total. The van der Waals surface area contributed by atoms with E-state index in [2.05, 4.69) is 24.4 Å². The number of hydrogen-bond donors (Lipinski definition) is 2. The van der Waals surface area contributed by atoms with Crippen LogP contribution in [0.3, 0.4) is 0 Å². The second-order valence-electron chi connectivity index (χ2n) is 4.13. The minimum atomic E-state index is 0.244. The number of nitrogens with one attached hydrogen (secondary N) is 1. The molecule has 0 radical (unpaired) electrons. The lowest BCUT2D eigenvalue weighted by Crippen LogP contribution is -2.31. The van der Waals surface area contributed by atoms with E-state index in [1.54, 1.807) is 0 Å². The summed E-state index contributed by atoms with van der Waals surface area (Å²) < 4.78 is 0. The van der Waals surface area contributed by atoms with Crippen molar-refractivity contribution in [3.63, 3.8) is 0 Å². The summed E-state index contributed by atoms with van der Waals surface area (Å²) in [6, 6.07) is 10.7. The summed E-state index contributed by atoms with van der Waals surface area (Å²) in [4.78, 5) is 0. The van der Waals surface area contributed by atoms with Gasteiger partial charge in [0.15, 0.2) is 0 Å². The van der Waals surface area contributed by atoms with Gasteiger partial charge >= 0.3 is 0 Å². The van der Waals surface area contributed by atoms with Crippen LogP contribution in [0, 0.1) is 5.92 Å². The Labute approximate surface area is 90.6 Å². The Morgan fingerprint density at radius 3 is 2.67 bits per heavy atom. The van der Waals surface area contributed by atoms with Gasteiger partial charge in [0.2, 0.25) is 0 Å². The van der Waals surface area contributed by atoms with Crippen LogP contribution in [0.15, 0.2) is 42.2 Å². The lowest BCUT2D eigenvalue weighted by atomic mass is 10.0. The molecule has 2 atom stereocenters. The molecule has 1 aromatic carbocycles. The van der Waals surface area contributed by atoms with Crippen molar-refractivity contribution >= 4 is 0 Å². The highest BCUT2D eigenvalue weighted by molar-refractivity contribution is 5.15. The first kappa shape index (κ1) is 10.2. The molecular formula is C13H17NO. The van der Waals surface area contributed by atoms with Crippen LogP contribution < -0.4 is 5.32 Å². The normalized spacial score (nSPS) is 25.3. The highest BCUT2D eigenvalue weighted by atomic mass is 16.3. The number of benzene rings is 1. The smallest absolute Gasteiger partial charge is 0.0927 e. The molecular weight excluding hydrogens is 186 g/mol. The van der Waals surface area contributed by atoms with Gasteiger partial charge in [0.1, 0.15) is 0 Å². The van der Waals surface area contributed by atoms with Crippen LogP contribution in [-0.4, -0.2) is 11.1 Å². The summed E-state index contributed by atoms with van der Waals surface area (Å²) in [5, 5.41) is 13.0. The van der Waals surface area contributed by atoms with Gasteiger partial charge in [0, 0.05) is 18.5 Å². The van der Waals surface area contributed by atoms with Gasteiger partial charge in [-0.05, 0) is 18.1 Å². The van der Waals surface area contributed by atoms with E-state index < -0.39 is 0 Å². The molecule has 80 valence electrons. The molecule has 15 heavy (non-hydrogen) atoms. The monoisotopic (exact) mass is 203 g/mol. The third-order valence-electron chi connectivity index (χ3n) is 3.06. The standard InChI is InChI=1S/C13H17NO/c1-10-12(7-8-13(10)15)14-9-11-5-3-2-4-6-11/h2-6,8,10,12,14-15H,7,9H2,1H3. The Morgan fingerprint density at radius 1 is 1.33 bits per heavy atom. The molecule has 0 saturated heterocycles. The van der Waals surface area contributed by atoms with Crippen molar-refractivity contribution in [2.75, 3.05) is 0 Å². The summed E-state index contributed by atoms with van der Waals surface area (Å²) in [6.45, 7) is 2.93. The summed E-state index contributed by atoms with van der Waals surface area (Å²) in [5.74, 6) is 0.772. The van der Waals surface area contributed by atoms with Crippen LogP contribution in [0.1, 0.15) is 18.9 Å². The van der Waals surface area contributed by atoms with E-state index in [4.69, 9.17) is 0 Å². The fourth-order valence-electron chi connectivity index (χ4n) is 1.95. The van der Waals surface area contributed by atoms with E-state index in [0.717, 1.165) is 13.0 Å². The van der Waals surface area contributed by atoms with Crippen molar-refractivity contribution < 1.29 is 5.11 Å². The fourth-order valence-corrected chi connectivity index (χ4v) is 1.95. The largest absolute Gasteiger partial charge is 0.512 e. The Hall–Kier alpha value is -1.28. The van der Waals surface area contributed by atoms with E-state index in [-0.39, 0.29) is 5.92 Å². The van der Waals surface area contributed by atoms with Gasteiger partial charge in [-0.1, -0.05) is 37.3 Å². The van der Waals surface area contributed by atoms with Gasteiger partial charge < -0.3 is 10.4 Å². The second-order valence-corrected chi connectivity index (χ2v) is 4.13. The summed E-state index contributed by atoms with van der Waals surface area (Å²) in [5.41, 5.74) is 1.29. The van der Waals surface area contributed by atoms with Gasteiger partial charge in [0.05, 0.1) is 5.76 Å². The number of aliphatic hydroxyl groups excluding tert-OH is 1. The molecule has 0 amide bonds. The summed E-state index contributed by atoms with van der Waals surface area (Å²) in [7, 11) is 0. The average Bonchev–Trinajstić information content (AvgIpc) is 2.59. The maximum Gasteiger partial charge on any atom is 0.0927 e. The Kier molecular flexibility index (Phi) is 3.07. The predicted molar refractivity (Wildman–Crippen MR) is 61.6 cm³/mol. The maximum absolute atomic E-state index is 9.49. The van der Waals surface area contributed by atoms with Gasteiger partial charge in [-0.25, -0.2) is 0 Å². The molecule has 0 spiro atoms. The van der Waals surface area contributed by atoms with Crippen LogP contribution in [0.2, 0.25) is 0 Å². The van der Waals surface area contributed by atoms with E-state index >= 15 is 0 Å². The lowest BCUT2D eigenvalue weighted by Gasteiger charge is -2.18. The highest BCUT2D eigenvalue weighted by Gasteiger charge is 2.24. The Bertz CT molecular complexity index is 345. The molecule has 0 fully saturated rings. The molecule has 0 bridgehead atoms. The SMILES string of the molecule is CC1C(O)=CCC1NCc1ccccc1. The quantitative estimate of drug-likeness (QED) is 0.791. The van der Waals surface area contributed by atoms with Crippen molar-refractivity contribution in [2.24, 2.45) is 5.92 Å². The number of aliphatic hydroxyl groups is 1. The summed E-state index contributed by atoms with van der Waals surface area (Å²) >= 11 is 0. The molecule has 2 unspecified atom stereocenters. The Morgan fingerprint density at radius 2 is 2.07 bits per heavy atom. The third kappa shape index (κ3) is 2.39. The first-order valence-corrected chi connectivity index (χ1v) is 5.43. The molecule has 1 aliphatic rings. The molecule has 0 aliphatic heterocycles. The second kappa shape index (κ2) is 4.49. The lowest BCUT2D eigenvalue weighted by molar-refractivity contribution is 0.315. The van der Waals surface area contributed by atoms with Gasteiger partial charge in [-0.2, -0.15) is 0 Å². The molecule has 1 aromatic rings. The molecule has 0 heterocycles. The first-order chi connectivity index (χ1) is 7.27. The van der Waals surface area contributed by atoms with Crippen molar-refractivity contribution in [3.05, 3.63) is 47.7 Å². The van der Waals surface area contributed by atoms with E-state index in [1.165, 1.54) is 5.56 Å². The zero-order valence-corrected chi connectivity index (χ0v) is 8.98.